The number of aryl methyl sites for hydroxylation is 1. The lowest BCUT2D eigenvalue weighted by Crippen LogP contribution is -2.48. The fraction of sp³-hybridized carbons (Fsp3) is 0.304. The fourth-order valence-corrected chi connectivity index (χ4v) is 4.21. The molecule has 168 valence electrons. The number of ether oxygens (including phenoxy) is 1. The molecular weight excluding hydrogens is 471 g/mol. The van der Waals surface area contributed by atoms with Gasteiger partial charge in [0.15, 0.2) is 12.4 Å². The van der Waals surface area contributed by atoms with Gasteiger partial charge in [-0.1, -0.05) is 46.9 Å². The Labute approximate surface area is 202 Å². The molecule has 2 heterocycles. The SMILES string of the molecule is Cc1ccc(Cl)c(OCn2ccc(C(=O)N3CCN(Cc4ccc(Cl)cc4Cl)CC3)n2)c1. The predicted octanol–water partition coefficient (Wildman–Crippen LogP) is 5.15. The van der Waals surface area contributed by atoms with Crippen LogP contribution in [-0.4, -0.2) is 51.7 Å². The summed E-state index contributed by atoms with van der Waals surface area (Å²) in [6.45, 7) is 5.66. The third kappa shape index (κ3) is 5.56. The number of carbonyl (C=O) groups excluding carboxylic acids is 1. The van der Waals surface area contributed by atoms with Crippen LogP contribution in [-0.2, 0) is 13.3 Å². The lowest BCUT2D eigenvalue weighted by Gasteiger charge is -2.34. The molecule has 0 aliphatic carbocycles. The molecular formula is C23H23Cl3N4O2. The van der Waals surface area contributed by atoms with Crippen molar-refractivity contribution >= 4 is 40.7 Å². The second kappa shape index (κ2) is 10.1. The van der Waals surface area contributed by atoms with E-state index in [1.54, 1.807) is 29.1 Å². The maximum absolute atomic E-state index is 12.9. The van der Waals surface area contributed by atoms with E-state index in [2.05, 4.69) is 10.00 Å². The number of carbonyl (C=O) groups is 1. The molecule has 9 heteroatoms. The van der Waals surface area contributed by atoms with Crippen molar-refractivity contribution in [2.75, 3.05) is 26.2 Å². The topological polar surface area (TPSA) is 50.6 Å². The number of nitrogens with zero attached hydrogens (tertiary/aromatic N) is 4. The van der Waals surface area contributed by atoms with E-state index in [1.807, 2.05) is 36.1 Å². The predicted molar refractivity (Wildman–Crippen MR) is 127 cm³/mol. The molecule has 1 amide bonds. The quantitative estimate of drug-likeness (QED) is 0.477. The van der Waals surface area contributed by atoms with Crippen LogP contribution in [0.3, 0.4) is 0 Å². The first kappa shape index (κ1) is 22.9. The monoisotopic (exact) mass is 492 g/mol. The highest BCUT2D eigenvalue weighted by Gasteiger charge is 2.24. The van der Waals surface area contributed by atoms with Gasteiger partial charge in [-0.05, 0) is 48.4 Å². The Hall–Kier alpha value is -2.25. The highest BCUT2D eigenvalue weighted by atomic mass is 35.5. The van der Waals surface area contributed by atoms with Gasteiger partial charge in [0.05, 0.1) is 5.02 Å². The van der Waals surface area contributed by atoms with Crippen LogP contribution in [0.5, 0.6) is 5.75 Å². The van der Waals surface area contributed by atoms with Crippen LogP contribution in [0.25, 0.3) is 0 Å². The summed E-state index contributed by atoms with van der Waals surface area (Å²) in [5.41, 5.74) is 2.49. The largest absolute Gasteiger partial charge is 0.470 e. The summed E-state index contributed by atoms with van der Waals surface area (Å²) in [7, 11) is 0. The van der Waals surface area contributed by atoms with Crippen LogP contribution < -0.4 is 4.74 Å². The number of amides is 1. The molecule has 1 aliphatic heterocycles. The second-order valence-corrected chi connectivity index (χ2v) is 9.00. The van der Waals surface area contributed by atoms with Crippen molar-refractivity contribution in [3.63, 3.8) is 0 Å². The molecule has 4 rings (SSSR count). The van der Waals surface area contributed by atoms with Gasteiger partial charge in [-0.25, -0.2) is 4.68 Å². The summed E-state index contributed by atoms with van der Waals surface area (Å²) < 4.78 is 7.34. The molecule has 0 spiro atoms. The highest BCUT2D eigenvalue weighted by molar-refractivity contribution is 6.35. The van der Waals surface area contributed by atoms with Gasteiger partial charge in [0.25, 0.3) is 5.91 Å². The van der Waals surface area contributed by atoms with Crippen molar-refractivity contribution in [2.24, 2.45) is 0 Å². The molecule has 32 heavy (non-hydrogen) atoms. The number of hydrogen-bond donors (Lipinski definition) is 0. The van der Waals surface area contributed by atoms with Crippen molar-refractivity contribution in [2.45, 2.75) is 20.2 Å². The van der Waals surface area contributed by atoms with E-state index in [-0.39, 0.29) is 12.6 Å². The van der Waals surface area contributed by atoms with Gasteiger partial charge in [-0.2, -0.15) is 5.10 Å². The third-order valence-corrected chi connectivity index (χ3v) is 6.27. The molecule has 0 radical (unpaired) electrons. The Balaban J connectivity index is 1.30. The summed E-state index contributed by atoms with van der Waals surface area (Å²) in [6, 6.07) is 12.8. The van der Waals surface area contributed by atoms with E-state index in [0.29, 0.717) is 39.6 Å². The van der Waals surface area contributed by atoms with E-state index in [0.717, 1.165) is 30.8 Å². The van der Waals surface area contributed by atoms with Crippen LogP contribution in [0.2, 0.25) is 15.1 Å². The number of benzene rings is 2. The highest BCUT2D eigenvalue weighted by Crippen LogP contribution is 2.26. The average molecular weight is 494 g/mol. The molecule has 3 aromatic rings. The molecule has 2 aromatic carbocycles. The van der Waals surface area contributed by atoms with Crippen LogP contribution >= 0.6 is 34.8 Å². The van der Waals surface area contributed by atoms with Crippen LogP contribution in [0.15, 0.2) is 48.7 Å². The summed E-state index contributed by atoms with van der Waals surface area (Å²) >= 11 is 18.4. The van der Waals surface area contributed by atoms with Crippen molar-refractivity contribution in [3.8, 4) is 5.75 Å². The summed E-state index contributed by atoms with van der Waals surface area (Å²) in [4.78, 5) is 17.0. The molecule has 0 atom stereocenters. The Kier molecular flexibility index (Phi) is 7.26. The van der Waals surface area contributed by atoms with E-state index in [1.165, 1.54) is 0 Å². The Morgan fingerprint density at radius 3 is 2.53 bits per heavy atom. The van der Waals surface area contributed by atoms with Gasteiger partial charge in [0, 0.05) is 49.0 Å². The number of hydrogen-bond acceptors (Lipinski definition) is 4. The molecule has 0 saturated carbocycles. The molecule has 1 aliphatic rings. The Morgan fingerprint density at radius 2 is 1.78 bits per heavy atom. The number of piperazine rings is 1. The minimum absolute atomic E-state index is 0.0819. The van der Waals surface area contributed by atoms with Crippen molar-refractivity contribution in [1.29, 1.82) is 0 Å². The minimum Gasteiger partial charge on any atom is -0.470 e. The normalized spacial score (nSPS) is 14.6. The van der Waals surface area contributed by atoms with E-state index < -0.39 is 0 Å². The van der Waals surface area contributed by atoms with Gasteiger partial charge >= 0.3 is 0 Å². The standard InChI is InChI=1S/C23H23Cl3N4O2/c1-16-2-5-19(25)22(12-16)32-15-30-7-6-21(27-30)23(31)29-10-8-28(9-11-29)14-17-3-4-18(24)13-20(17)26/h2-7,12-13H,8-11,14-15H2,1H3. The van der Waals surface area contributed by atoms with Gasteiger partial charge < -0.3 is 9.64 Å². The molecule has 0 bridgehead atoms. The average Bonchev–Trinajstić information content (AvgIpc) is 3.25. The van der Waals surface area contributed by atoms with Crippen molar-refractivity contribution in [3.05, 3.63) is 80.6 Å². The zero-order valence-electron chi connectivity index (χ0n) is 17.6. The lowest BCUT2D eigenvalue weighted by atomic mass is 10.2. The van der Waals surface area contributed by atoms with Crippen LogP contribution in [0, 0.1) is 6.92 Å². The van der Waals surface area contributed by atoms with E-state index >= 15 is 0 Å². The smallest absolute Gasteiger partial charge is 0.274 e. The summed E-state index contributed by atoms with van der Waals surface area (Å²) in [5.74, 6) is 0.508. The van der Waals surface area contributed by atoms with Gasteiger partial charge in [-0.3, -0.25) is 9.69 Å². The first-order valence-corrected chi connectivity index (χ1v) is 11.4. The molecule has 1 fully saturated rings. The summed E-state index contributed by atoms with van der Waals surface area (Å²) in [5, 5.41) is 6.20. The number of aromatic nitrogens is 2. The van der Waals surface area contributed by atoms with Gasteiger partial charge in [0.2, 0.25) is 0 Å². The zero-order chi connectivity index (χ0) is 22.7. The van der Waals surface area contributed by atoms with E-state index in [9.17, 15) is 4.79 Å². The molecule has 0 N–H and O–H groups in total. The maximum atomic E-state index is 12.9. The van der Waals surface area contributed by atoms with Crippen molar-refractivity contribution < 1.29 is 9.53 Å². The van der Waals surface area contributed by atoms with Gasteiger partial charge in [-0.15, -0.1) is 0 Å². The molecule has 6 nitrogen and oxygen atoms in total. The fourth-order valence-electron chi connectivity index (χ4n) is 3.57. The minimum atomic E-state index is -0.0819. The number of halogens is 3. The second-order valence-electron chi connectivity index (χ2n) is 7.75. The Bertz CT molecular complexity index is 1110. The van der Waals surface area contributed by atoms with Crippen molar-refractivity contribution in [1.82, 2.24) is 19.6 Å². The van der Waals surface area contributed by atoms with E-state index in [4.69, 9.17) is 39.5 Å². The third-order valence-electron chi connectivity index (χ3n) is 5.37. The van der Waals surface area contributed by atoms with Crippen LogP contribution in [0.4, 0.5) is 0 Å². The Morgan fingerprint density at radius 1 is 1.00 bits per heavy atom. The van der Waals surface area contributed by atoms with Gasteiger partial charge in [0.1, 0.15) is 5.75 Å². The maximum Gasteiger partial charge on any atom is 0.274 e. The number of rotatable bonds is 6. The zero-order valence-corrected chi connectivity index (χ0v) is 19.9. The summed E-state index contributed by atoms with van der Waals surface area (Å²) in [6.07, 6.45) is 1.73. The molecule has 1 aromatic heterocycles. The first-order valence-electron chi connectivity index (χ1n) is 10.3. The molecule has 1 saturated heterocycles. The first-order chi connectivity index (χ1) is 15.4. The lowest BCUT2D eigenvalue weighted by molar-refractivity contribution is 0.0621. The van der Waals surface area contributed by atoms with Crippen LogP contribution in [0.1, 0.15) is 21.6 Å². The molecule has 0 unspecified atom stereocenters.